The Morgan fingerprint density at radius 3 is 2.83 bits per heavy atom. The lowest BCUT2D eigenvalue weighted by Crippen LogP contribution is -2.18. The van der Waals surface area contributed by atoms with Crippen LogP contribution in [0.4, 0.5) is 5.13 Å². The normalized spacial score (nSPS) is 10.6. The summed E-state index contributed by atoms with van der Waals surface area (Å²) >= 11 is 1.42. The van der Waals surface area contributed by atoms with Crippen LogP contribution in [0.1, 0.15) is 44.5 Å². The van der Waals surface area contributed by atoms with Gasteiger partial charge in [0.1, 0.15) is 11.6 Å². The van der Waals surface area contributed by atoms with Gasteiger partial charge in [0, 0.05) is 13.0 Å². The Morgan fingerprint density at radius 2 is 2.11 bits per heavy atom. The van der Waals surface area contributed by atoms with E-state index in [1.807, 2.05) is 0 Å². The van der Waals surface area contributed by atoms with E-state index in [1.54, 1.807) is 0 Å². The van der Waals surface area contributed by atoms with Gasteiger partial charge in [-0.25, -0.2) is 0 Å². The van der Waals surface area contributed by atoms with Gasteiger partial charge in [0.2, 0.25) is 5.13 Å². The molecule has 5 nitrogen and oxygen atoms in total. The number of hydrogen-bond acceptors (Lipinski definition) is 5. The predicted octanol–water partition coefficient (Wildman–Crippen LogP) is 2.64. The number of ether oxygens (including phenoxy) is 1. The van der Waals surface area contributed by atoms with Gasteiger partial charge in [-0.05, 0) is 12.8 Å². The highest BCUT2D eigenvalue weighted by Gasteiger charge is 2.07. The van der Waals surface area contributed by atoms with Crippen molar-refractivity contribution in [3.05, 3.63) is 5.01 Å². The molecule has 0 aliphatic carbocycles. The standard InChI is InChI=1S/C12H21N3O2S/c1-3-5-6-8-17-9-10(16)13-12-15-14-11(18-12)7-4-2/h3-9H2,1-2H3,(H,13,15,16). The molecule has 1 aromatic heterocycles. The van der Waals surface area contributed by atoms with Crippen LogP contribution in [0.5, 0.6) is 0 Å². The fourth-order valence-corrected chi connectivity index (χ4v) is 2.25. The molecule has 0 aliphatic heterocycles. The van der Waals surface area contributed by atoms with E-state index in [2.05, 4.69) is 29.4 Å². The number of amides is 1. The van der Waals surface area contributed by atoms with E-state index >= 15 is 0 Å². The SMILES string of the molecule is CCCCCOCC(=O)Nc1nnc(CCC)s1. The number of rotatable bonds is 9. The van der Waals surface area contributed by atoms with Gasteiger partial charge in [-0.1, -0.05) is 38.0 Å². The summed E-state index contributed by atoms with van der Waals surface area (Å²) in [6, 6.07) is 0. The topological polar surface area (TPSA) is 64.1 Å². The summed E-state index contributed by atoms with van der Waals surface area (Å²) in [7, 11) is 0. The molecule has 6 heteroatoms. The Morgan fingerprint density at radius 1 is 1.28 bits per heavy atom. The first-order chi connectivity index (χ1) is 8.76. The third kappa shape index (κ3) is 6.07. The van der Waals surface area contributed by atoms with E-state index < -0.39 is 0 Å². The van der Waals surface area contributed by atoms with Crippen LogP contribution in [-0.2, 0) is 16.0 Å². The molecule has 0 aromatic carbocycles. The summed E-state index contributed by atoms with van der Waals surface area (Å²) < 4.78 is 5.27. The van der Waals surface area contributed by atoms with Crippen molar-refractivity contribution in [3.63, 3.8) is 0 Å². The van der Waals surface area contributed by atoms with Crippen LogP contribution in [0.2, 0.25) is 0 Å². The molecule has 1 N–H and O–H groups in total. The van der Waals surface area contributed by atoms with E-state index in [4.69, 9.17) is 4.74 Å². The fraction of sp³-hybridized carbons (Fsp3) is 0.750. The average Bonchev–Trinajstić information content (AvgIpc) is 2.77. The Hall–Kier alpha value is -1.01. The van der Waals surface area contributed by atoms with Crippen molar-refractivity contribution in [2.24, 2.45) is 0 Å². The van der Waals surface area contributed by atoms with Gasteiger partial charge in [-0.2, -0.15) is 0 Å². The van der Waals surface area contributed by atoms with Crippen LogP contribution >= 0.6 is 11.3 Å². The Bertz CT molecular complexity index is 355. The molecule has 0 saturated heterocycles. The number of anilines is 1. The fourth-order valence-electron chi connectivity index (χ4n) is 1.39. The van der Waals surface area contributed by atoms with Gasteiger partial charge in [0.05, 0.1) is 0 Å². The van der Waals surface area contributed by atoms with Crippen LogP contribution in [-0.4, -0.2) is 29.3 Å². The Labute approximate surface area is 112 Å². The first-order valence-electron chi connectivity index (χ1n) is 6.46. The maximum absolute atomic E-state index is 11.5. The van der Waals surface area contributed by atoms with Crippen LogP contribution < -0.4 is 5.32 Å². The van der Waals surface area contributed by atoms with E-state index in [9.17, 15) is 4.79 Å². The van der Waals surface area contributed by atoms with Gasteiger partial charge in [0.25, 0.3) is 5.91 Å². The van der Waals surface area contributed by atoms with Gasteiger partial charge >= 0.3 is 0 Å². The van der Waals surface area contributed by atoms with Crippen LogP contribution in [0, 0.1) is 0 Å². The summed E-state index contributed by atoms with van der Waals surface area (Å²) in [4.78, 5) is 11.5. The van der Waals surface area contributed by atoms with Gasteiger partial charge in [-0.15, -0.1) is 10.2 Å². The number of carbonyl (C=O) groups is 1. The molecule has 1 aromatic rings. The van der Waals surface area contributed by atoms with Crippen LogP contribution in [0.25, 0.3) is 0 Å². The summed E-state index contributed by atoms with van der Waals surface area (Å²) in [5.41, 5.74) is 0. The van der Waals surface area contributed by atoms with E-state index in [0.29, 0.717) is 11.7 Å². The lowest BCUT2D eigenvalue weighted by Gasteiger charge is -2.02. The zero-order valence-electron chi connectivity index (χ0n) is 11.1. The minimum absolute atomic E-state index is 0.0897. The number of aryl methyl sites for hydroxylation is 1. The number of hydrogen-bond donors (Lipinski definition) is 1. The maximum atomic E-state index is 11.5. The number of unbranched alkanes of at least 4 members (excludes halogenated alkanes) is 2. The first kappa shape index (κ1) is 15.0. The highest BCUT2D eigenvalue weighted by Crippen LogP contribution is 2.16. The quantitative estimate of drug-likeness (QED) is 0.701. The molecule has 1 heterocycles. The second-order valence-electron chi connectivity index (χ2n) is 4.06. The minimum atomic E-state index is -0.161. The van der Waals surface area contributed by atoms with Crippen molar-refractivity contribution in [3.8, 4) is 0 Å². The van der Waals surface area contributed by atoms with Crippen molar-refractivity contribution >= 4 is 22.4 Å². The lowest BCUT2D eigenvalue weighted by molar-refractivity contribution is -0.120. The highest BCUT2D eigenvalue weighted by atomic mass is 32.1. The first-order valence-corrected chi connectivity index (χ1v) is 7.27. The summed E-state index contributed by atoms with van der Waals surface area (Å²) in [5.74, 6) is -0.161. The molecule has 1 amide bonds. The van der Waals surface area contributed by atoms with Gasteiger partial charge < -0.3 is 4.74 Å². The minimum Gasteiger partial charge on any atom is -0.372 e. The van der Waals surface area contributed by atoms with Crippen molar-refractivity contribution in [2.45, 2.75) is 46.0 Å². The molecular weight excluding hydrogens is 250 g/mol. The van der Waals surface area contributed by atoms with E-state index in [0.717, 1.165) is 37.1 Å². The number of carbonyl (C=O) groups excluding carboxylic acids is 1. The zero-order valence-corrected chi connectivity index (χ0v) is 11.9. The second-order valence-corrected chi connectivity index (χ2v) is 5.12. The smallest absolute Gasteiger partial charge is 0.252 e. The molecule has 0 unspecified atom stereocenters. The molecule has 0 saturated carbocycles. The average molecular weight is 271 g/mol. The molecule has 18 heavy (non-hydrogen) atoms. The summed E-state index contributed by atoms with van der Waals surface area (Å²) in [6.45, 7) is 4.95. The molecule has 0 spiro atoms. The van der Waals surface area contributed by atoms with Crippen molar-refractivity contribution in [1.29, 1.82) is 0 Å². The third-order valence-electron chi connectivity index (χ3n) is 2.30. The van der Waals surface area contributed by atoms with Crippen molar-refractivity contribution in [1.82, 2.24) is 10.2 Å². The number of nitrogens with one attached hydrogen (secondary N) is 1. The summed E-state index contributed by atoms with van der Waals surface area (Å²) in [5, 5.41) is 12.1. The van der Waals surface area contributed by atoms with Gasteiger partial charge in [0.15, 0.2) is 0 Å². The van der Waals surface area contributed by atoms with Crippen LogP contribution in [0.3, 0.4) is 0 Å². The van der Waals surface area contributed by atoms with E-state index in [1.165, 1.54) is 11.3 Å². The molecule has 0 bridgehead atoms. The monoisotopic (exact) mass is 271 g/mol. The molecule has 0 fully saturated rings. The van der Waals surface area contributed by atoms with E-state index in [-0.39, 0.29) is 12.5 Å². The summed E-state index contributed by atoms with van der Waals surface area (Å²) in [6.07, 6.45) is 5.23. The van der Waals surface area contributed by atoms with Crippen molar-refractivity contribution < 1.29 is 9.53 Å². The Kier molecular flexibility index (Phi) is 7.52. The largest absolute Gasteiger partial charge is 0.372 e. The molecule has 0 radical (unpaired) electrons. The number of nitrogens with zero attached hydrogens (tertiary/aromatic N) is 2. The number of aromatic nitrogens is 2. The zero-order chi connectivity index (χ0) is 13.2. The predicted molar refractivity (Wildman–Crippen MR) is 72.9 cm³/mol. The third-order valence-corrected chi connectivity index (χ3v) is 3.20. The molecular formula is C12H21N3O2S. The molecule has 0 atom stereocenters. The maximum Gasteiger partial charge on any atom is 0.252 e. The second kappa shape index (κ2) is 8.99. The molecule has 1 rings (SSSR count). The van der Waals surface area contributed by atoms with Crippen molar-refractivity contribution in [2.75, 3.05) is 18.5 Å². The highest BCUT2D eigenvalue weighted by molar-refractivity contribution is 7.15. The van der Waals surface area contributed by atoms with Gasteiger partial charge in [-0.3, -0.25) is 10.1 Å². The molecule has 102 valence electrons. The molecule has 0 aliphatic rings. The van der Waals surface area contributed by atoms with Crippen LogP contribution in [0.15, 0.2) is 0 Å². The Balaban J connectivity index is 2.18. The lowest BCUT2D eigenvalue weighted by atomic mass is 10.3.